The van der Waals surface area contributed by atoms with Gasteiger partial charge in [-0.15, -0.1) is 0 Å². The first-order chi connectivity index (χ1) is 10.4. The Bertz CT molecular complexity index is 604. The van der Waals surface area contributed by atoms with Crippen molar-refractivity contribution < 1.29 is 18.3 Å². The summed E-state index contributed by atoms with van der Waals surface area (Å²) < 4.78 is 27.0. The van der Waals surface area contributed by atoms with E-state index in [1.807, 2.05) is 6.92 Å². The fourth-order valence-electron chi connectivity index (χ4n) is 2.93. The highest BCUT2D eigenvalue weighted by Gasteiger charge is 2.28. The Labute approximate surface area is 131 Å². The summed E-state index contributed by atoms with van der Waals surface area (Å²) in [4.78, 5) is 11.5. The van der Waals surface area contributed by atoms with Crippen LogP contribution in [0, 0.1) is 12.8 Å². The lowest BCUT2D eigenvalue weighted by Crippen LogP contribution is -2.42. The van der Waals surface area contributed by atoms with E-state index in [9.17, 15) is 18.3 Å². The Balaban J connectivity index is 2.09. The molecular weight excluding hydrogens is 302 g/mol. The number of hydrogen-bond donors (Lipinski definition) is 2. The molecule has 1 fully saturated rings. The quantitative estimate of drug-likeness (QED) is 0.842. The maximum absolute atomic E-state index is 12.3. The van der Waals surface area contributed by atoms with Crippen LogP contribution in [-0.4, -0.2) is 25.5 Å². The number of carboxylic acid groups (broad SMARTS) is 1. The summed E-state index contributed by atoms with van der Waals surface area (Å²) in [5.41, 5.74) is 0.955. The van der Waals surface area contributed by atoms with Gasteiger partial charge in [-0.2, -0.15) is 4.72 Å². The molecule has 1 aromatic rings. The minimum absolute atomic E-state index is 0.105. The second-order valence-electron chi connectivity index (χ2n) is 6.06. The minimum atomic E-state index is -3.80. The molecule has 1 unspecified atom stereocenters. The molecule has 0 aromatic heterocycles. The van der Waals surface area contributed by atoms with Crippen LogP contribution >= 0.6 is 0 Å². The summed E-state index contributed by atoms with van der Waals surface area (Å²) in [7, 11) is -3.80. The highest BCUT2D eigenvalue weighted by Crippen LogP contribution is 2.27. The van der Waals surface area contributed by atoms with Crippen molar-refractivity contribution >= 4 is 16.0 Å². The SMILES string of the molecule is Cc1ccc(S(=O)(=O)NC(CC2CCCCC2)C(=O)O)cc1. The molecule has 1 aliphatic rings. The van der Waals surface area contributed by atoms with E-state index < -0.39 is 22.0 Å². The highest BCUT2D eigenvalue weighted by molar-refractivity contribution is 7.89. The predicted molar refractivity (Wildman–Crippen MR) is 84.1 cm³/mol. The number of benzene rings is 1. The number of sulfonamides is 1. The van der Waals surface area contributed by atoms with Crippen LogP contribution in [0.2, 0.25) is 0 Å². The van der Waals surface area contributed by atoms with Crippen LogP contribution in [0.15, 0.2) is 29.2 Å². The first kappa shape index (κ1) is 17.0. The zero-order valence-electron chi connectivity index (χ0n) is 12.8. The third kappa shape index (κ3) is 4.55. The average Bonchev–Trinajstić information content (AvgIpc) is 2.48. The van der Waals surface area contributed by atoms with Gasteiger partial charge in [-0.05, 0) is 31.4 Å². The van der Waals surface area contributed by atoms with Gasteiger partial charge in [0.2, 0.25) is 10.0 Å². The van der Waals surface area contributed by atoms with Crippen molar-refractivity contribution in [1.29, 1.82) is 0 Å². The van der Waals surface area contributed by atoms with Gasteiger partial charge in [0.15, 0.2) is 0 Å². The topological polar surface area (TPSA) is 83.5 Å². The number of carboxylic acids is 1. The Morgan fingerprint density at radius 1 is 1.23 bits per heavy atom. The lowest BCUT2D eigenvalue weighted by Gasteiger charge is -2.25. The smallest absolute Gasteiger partial charge is 0.321 e. The van der Waals surface area contributed by atoms with Crippen molar-refractivity contribution in [2.45, 2.75) is 56.4 Å². The van der Waals surface area contributed by atoms with E-state index in [4.69, 9.17) is 0 Å². The fraction of sp³-hybridized carbons (Fsp3) is 0.562. The zero-order chi connectivity index (χ0) is 16.2. The largest absolute Gasteiger partial charge is 0.480 e. The Kier molecular flexibility index (Phi) is 5.58. The molecule has 1 atom stereocenters. The molecule has 1 aliphatic carbocycles. The molecule has 0 saturated heterocycles. The number of nitrogens with one attached hydrogen (secondary N) is 1. The third-order valence-electron chi connectivity index (χ3n) is 4.22. The van der Waals surface area contributed by atoms with Crippen LogP contribution in [0.4, 0.5) is 0 Å². The molecule has 2 rings (SSSR count). The standard InChI is InChI=1S/C16H23NO4S/c1-12-7-9-14(10-8-12)22(20,21)17-15(16(18)19)11-13-5-3-2-4-6-13/h7-10,13,15,17H,2-6,11H2,1H3,(H,18,19). The van der Waals surface area contributed by atoms with Crippen LogP contribution in [0.5, 0.6) is 0 Å². The van der Waals surface area contributed by atoms with Gasteiger partial charge in [-0.25, -0.2) is 8.42 Å². The van der Waals surface area contributed by atoms with E-state index in [1.165, 1.54) is 18.6 Å². The van der Waals surface area contributed by atoms with Crippen LogP contribution in [0.25, 0.3) is 0 Å². The highest BCUT2D eigenvalue weighted by atomic mass is 32.2. The van der Waals surface area contributed by atoms with Crippen molar-refractivity contribution in [1.82, 2.24) is 4.72 Å². The van der Waals surface area contributed by atoms with Crippen LogP contribution < -0.4 is 4.72 Å². The van der Waals surface area contributed by atoms with Crippen molar-refractivity contribution in [2.75, 3.05) is 0 Å². The van der Waals surface area contributed by atoms with Crippen LogP contribution in [0.3, 0.4) is 0 Å². The van der Waals surface area contributed by atoms with Crippen molar-refractivity contribution in [3.05, 3.63) is 29.8 Å². The molecule has 0 spiro atoms. The van der Waals surface area contributed by atoms with Crippen molar-refractivity contribution in [3.8, 4) is 0 Å². The molecule has 1 aromatic carbocycles. The minimum Gasteiger partial charge on any atom is -0.480 e. The van der Waals surface area contributed by atoms with E-state index in [2.05, 4.69) is 4.72 Å². The summed E-state index contributed by atoms with van der Waals surface area (Å²) in [6.07, 6.45) is 5.71. The molecule has 5 nitrogen and oxygen atoms in total. The number of aryl methyl sites for hydroxylation is 1. The molecule has 0 bridgehead atoms. The van der Waals surface area contributed by atoms with Crippen LogP contribution in [0.1, 0.15) is 44.1 Å². The Morgan fingerprint density at radius 2 is 1.82 bits per heavy atom. The molecule has 0 aliphatic heterocycles. The lowest BCUT2D eigenvalue weighted by atomic mass is 9.85. The van der Waals surface area contributed by atoms with Gasteiger partial charge < -0.3 is 5.11 Å². The van der Waals surface area contributed by atoms with Gasteiger partial charge in [-0.1, -0.05) is 49.8 Å². The Hall–Kier alpha value is -1.40. The molecule has 22 heavy (non-hydrogen) atoms. The number of rotatable bonds is 6. The summed E-state index contributed by atoms with van der Waals surface area (Å²) in [5, 5.41) is 9.33. The molecule has 2 N–H and O–H groups in total. The molecular formula is C16H23NO4S. The second-order valence-corrected chi connectivity index (χ2v) is 7.78. The van der Waals surface area contributed by atoms with E-state index >= 15 is 0 Å². The molecule has 0 radical (unpaired) electrons. The van der Waals surface area contributed by atoms with E-state index in [-0.39, 0.29) is 10.8 Å². The van der Waals surface area contributed by atoms with E-state index in [0.29, 0.717) is 6.42 Å². The van der Waals surface area contributed by atoms with Gasteiger partial charge in [-0.3, -0.25) is 4.79 Å². The summed E-state index contributed by atoms with van der Waals surface area (Å²) in [6, 6.07) is 5.33. The fourth-order valence-corrected chi connectivity index (χ4v) is 4.13. The summed E-state index contributed by atoms with van der Waals surface area (Å²) in [5.74, 6) is -0.822. The van der Waals surface area contributed by atoms with E-state index in [0.717, 1.165) is 31.2 Å². The van der Waals surface area contributed by atoms with Gasteiger partial charge in [0.25, 0.3) is 0 Å². The number of aliphatic carboxylic acids is 1. The normalized spacial score (nSPS) is 18.0. The Morgan fingerprint density at radius 3 is 2.36 bits per heavy atom. The molecule has 6 heteroatoms. The predicted octanol–water partition coefficient (Wildman–Crippen LogP) is 2.70. The maximum atomic E-state index is 12.3. The van der Waals surface area contributed by atoms with Crippen molar-refractivity contribution in [2.24, 2.45) is 5.92 Å². The monoisotopic (exact) mass is 325 g/mol. The average molecular weight is 325 g/mol. The summed E-state index contributed by atoms with van der Waals surface area (Å²) >= 11 is 0. The second kappa shape index (κ2) is 7.24. The molecule has 0 heterocycles. The third-order valence-corrected chi connectivity index (χ3v) is 5.71. The summed E-state index contributed by atoms with van der Waals surface area (Å²) in [6.45, 7) is 1.87. The number of hydrogen-bond acceptors (Lipinski definition) is 3. The van der Waals surface area contributed by atoms with Crippen molar-refractivity contribution in [3.63, 3.8) is 0 Å². The van der Waals surface area contributed by atoms with Gasteiger partial charge >= 0.3 is 5.97 Å². The van der Waals surface area contributed by atoms with Gasteiger partial charge in [0, 0.05) is 0 Å². The molecule has 122 valence electrons. The maximum Gasteiger partial charge on any atom is 0.321 e. The molecule has 0 amide bonds. The van der Waals surface area contributed by atoms with E-state index in [1.54, 1.807) is 12.1 Å². The number of carbonyl (C=O) groups is 1. The molecule has 1 saturated carbocycles. The first-order valence-electron chi connectivity index (χ1n) is 7.70. The van der Waals surface area contributed by atoms with Gasteiger partial charge in [0.1, 0.15) is 6.04 Å². The zero-order valence-corrected chi connectivity index (χ0v) is 13.6. The van der Waals surface area contributed by atoms with Crippen LogP contribution in [-0.2, 0) is 14.8 Å². The lowest BCUT2D eigenvalue weighted by molar-refractivity contribution is -0.139. The van der Waals surface area contributed by atoms with Gasteiger partial charge in [0.05, 0.1) is 4.90 Å². The first-order valence-corrected chi connectivity index (χ1v) is 9.18.